The van der Waals surface area contributed by atoms with Gasteiger partial charge in [-0.2, -0.15) is 4.98 Å². The molecule has 0 bridgehead atoms. The molecule has 8 heteroatoms. The first-order valence-corrected chi connectivity index (χ1v) is 6.83. The van der Waals surface area contributed by atoms with E-state index in [1.165, 1.54) is 0 Å². The molecule has 1 fully saturated rings. The molecule has 1 atom stereocenters. The number of primary amides is 1. The zero-order valence-corrected chi connectivity index (χ0v) is 12.2. The Morgan fingerprint density at radius 3 is 3.21 bits per heavy atom. The van der Waals surface area contributed by atoms with Crippen molar-refractivity contribution >= 4 is 33.6 Å². The van der Waals surface area contributed by atoms with Crippen molar-refractivity contribution in [3.8, 4) is 0 Å². The lowest BCUT2D eigenvalue weighted by molar-refractivity contribution is -0.121. The van der Waals surface area contributed by atoms with Crippen LogP contribution < -0.4 is 16.0 Å². The summed E-state index contributed by atoms with van der Waals surface area (Å²) in [6.07, 6.45) is 1.66. The first kappa shape index (κ1) is 14.0. The van der Waals surface area contributed by atoms with Crippen LogP contribution in [0.15, 0.2) is 10.7 Å². The van der Waals surface area contributed by atoms with E-state index in [4.69, 9.17) is 10.5 Å². The van der Waals surface area contributed by atoms with Crippen molar-refractivity contribution < 1.29 is 9.53 Å². The molecule has 3 N–H and O–H groups in total. The van der Waals surface area contributed by atoms with E-state index in [2.05, 4.69) is 31.2 Å². The van der Waals surface area contributed by atoms with Gasteiger partial charge in [-0.1, -0.05) is 0 Å². The smallest absolute Gasteiger partial charge is 0.242 e. The Balaban J connectivity index is 2.32. The fourth-order valence-electron chi connectivity index (χ4n) is 1.90. The van der Waals surface area contributed by atoms with E-state index < -0.39 is 11.9 Å². The third-order valence-electron chi connectivity index (χ3n) is 2.79. The monoisotopic (exact) mass is 329 g/mol. The number of ether oxygens (including phenoxy) is 1. The van der Waals surface area contributed by atoms with Crippen molar-refractivity contribution in [3.05, 3.63) is 10.7 Å². The molecule has 0 radical (unpaired) electrons. The molecule has 1 amide bonds. The highest BCUT2D eigenvalue weighted by Crippen LogP contribution is 2.27. The van der Waals surface area contributed by atoms with E-state index in [0.717, 1.165) is 11.0 Å². The van der Waals surface area contributed by atoms with Gasteiger partial charge in [-0.3, -0.25) is 4.79 Å². The highest BCUT2D eigenvalue weighted by Gasteiger charge is 2.30. The van der Waals surface area contributed by atoms with Gasteiger partial charge in [-0.05, 0) is 22.9 Å². The Morgan fingerprint density at radius 1 is 1.74 bits per heavy atom. The van der Waals surface area contributed by atoms with Crippen LogP contribution in [0.3, 0.4) is 0 Å². The van der Waals surface area contributed by atoms with Crippen LogP contribution in [-0.4, -0.2) is 48.2 Å². The Bertz CT molecular complexity index is 470. The van der Waals surface area contributed by atoms with Crippen molar-refractivity contribution in [2.24, 2.45) is 5.73 Å². The lowest BCUT2D eigenvalue weighted by atomic mass is 10.2. The number of halogens is 1. The molecule has 0 aliphatic carbocycles. The molecule has 2 rings (SSSR count). The number of amides is 1. The third kappa shape index (κ3) is 3.13. The summed E-state index contributed by atoms with van der Waals surface area (Å²) in [7, 11) is 0. The average Bonchev–Trinajstić information content (AvgIpc) is 2.41. The maximum absolute atomic E-state index is 11.5. The normalized spacial score (nSPS) is 19.3. The molecule has 1 aliphatic heterocycles. The molecule has 7 nitrogen and oxygen atoms in total. The molecule has 0 saturated carbocycles. The number of nitrogens with two attached hydrogens (primary N) is 1. The molecule has 0 spiro atoms. The van der Waals surface area contributed by atoms with Crippen LogP contribution >= 0.6 is 15.9 Å². The zero-order chi connectivity index (χ0) is 13.8. The Hall–Kier alpha value is -1.41. The second kappa shape index (κ2) is 6.16. The van der Waals surface area contributed by atoms with Gasteiger partial charge in [0.25, 0.3) is 0 Å². The summed E-state index contributed by atoms with van der Waals surface area (Å²) in [6, 6.07) is -0.505. The number of carbonyl (C=O) groups excluding carboxylic acids is 1. The third-order valence-corrected chi connectivity index (χ3v) is 3.35. The van der Waals surface area contributed by atoms with Gasteiger partial charge in [-0.15, -0.1) is 0 Å². The molecule has 19 heavy (non-hydrogen) atoms. The maximum Gasteiger partial charge on any atom is 0.242 e. The van der Waals surface area contributed by atoms with Crippen LogP contribution in [0.25, 0.3) is 0 Å². The highest BCUT2D eigenvalue weighted by atomic mass is 79.9. The number of rotatable bonds is 4. The van der Waals surface area contributed by atoms with Crippen molar-refractivity contribution in [2.45, 2.75) is 13.0 Å². The summed E-state index contributed by atoms with van der Waals surface area (Å²) in [5.41, 5.74) is 5.41. The Morgan fingerprint density at radius 2 is 2.53 bits per heavy atom. The molecule has 1 saturated heterocycles. The van der Waals surface area contributed by atoms with Crippen LogP contribution in [0.4, 0.5) is 11.8 Å². The van der Waals surface area contributed by atoms with Crippen LogP contribution in [0.1, 0.15) is 6.92 Å². The van der Waals surface area contributed by atoms with Crippen LogP contribution in [0.5, 0.6) is 0 Å². The number of nitrogens with one attached hydrogen (secondary N) is 1. The number of hydrogen-bond donors (Lipinski definition) is 2. The number of anilines is 2. The minimum atomic E-state index is -0.505. The van der Waals surface area contributed by atoms with E-state index >= 15 is 0 Å². The summed E-state index contributed by atoms with van der Waals surface area (Å²) >= 11 is 3.41. The van der Waals surface area contributed by atoms with Gasteiger partial charge in [0.1, 0.15) is 11.9 Å². The summed E-state index contributed by atoms with van der Waals surface area (Å²) < 4.78 is 6.02. The quantitative estimate of drug-likeness (QED) is 0.828. The lowest BCUT2D eigenvalue weighted by Crippen LogP contribution is -2.53. The summed E-state index contributed by atoms with van der Waals surface area (Å²) in [4.78, 5) is 21.9. The predicted molar refractivity (Wildman–Crippen MR) is 75.0 cm³/mol. The molecular weight excluding hydrogens is 314 g/mol. The molecule has 0 aromatic carbocycles. The topological polar surface area (TPSA) is 93.4 Å². The number of hydrogen-bond acceptors (Lipinski definition) is 6. The van der Waals surface area contributed by atoms with Gasteiger partial charge in [-0.25, -0.2) is 4.98 Å². The van der Waals surface area contributed by atoms with Gasteiger partial charge in [0, 0.05) is 19.3 Å². The van der Waals surface area contributed by atoms with E-state index in [0.29, 0.717) is 24.9 Å². The molecular formula is C11H16BrN5O2. The minimum Gasteiger partial charge on any atom is -0.377 e. The SMILES string of the molecule is CCNc1ncc(Br)c(N2CCOCC2C(N)=O)n1. The van der Waals surface area contributed by atoms with E-state index in [1.54, 1.807) is 6.20 Å². The van der Waals surface area contributed by atoms with Crippen LogP contribution in [0.2, 0.25) is 0 Å². The van der Waals surface area contributed by atoms with Crippen LogP contribution in [0, 0.1) is 0 Å². The van der Waals surface area contributed by atoms with Gasteiger partial charge < -0.3 is 20.7 Å². The summed E-state index contributed by atoms with van der Waals surface area (Å²) in [5.74, 6) is 0.753. The van der Waals surface area contributed by atoms with Gasteiger partial charge >= 0.3 is 0 Å². The predicted octanol–water partition coefficient (Wildman–Crippen LogP) is 0.361. The first-order chi connectivity index (χ1) is 9.13. The summed E-state index contributed by atoms with van der Waals surface area (Å²) in [6.45, 7) is 4.07. The number of aromatic nitrogens is 2. The fraction of sp³-hybridized carbons (Fsp3) is 0.545. The number of nitrogens with zero attached hydrogens (tertiary/aromatic N) is 3. The minimum absolute atomic E-state index is 0.280. The van der Waals surface area contributed by atoms with Gasteiger partial charge in [0.2, 0.25) is 11.9 Å². The summed E-state index contributed by atoms with van der Waals surface area (Å²) in [5, 5.41) is 3.04. The molecule has 1 unspecified atom stereocenters. The van der Waals surface area contributed by atoms with Gasteiger partial charge in [0.15, 0.2) is 0 Å². The van der Waals surface area contributed by atoms with E-state index in [9.17, 15) is 4.79 Å². The average molecular weight is 330 g/mol. The van der Waals surface area contributed by atoms with E-state index in [-0.39, 0.29) is 6.61 Å². The van der Waals surface area contributed by atoms with E-state index in [1.807, 2.05) is 11.8 Å². The first-order valence-electron chi connectivity index (χ1n) is 6.03. The lowest BCUT2D eigenvalue weighted by Gasteiger charge is -2.34. The van der Waals surface area contributed by atoms with Crippen molar-refractivity contribution in [1.82, 2.24) is 9.97 Å². The Labute approximate surface area is 119 Å². The number of carbonyl (C=O) groups is 1. The fourth-order valence-corrected chi connectivity index (χ4v) is 2.31. The largest absolute Gasteiger partial charge is 0.377 e. The van der Waals surface area contributed by atoms with Crippen molar-refractivity contribution in [2.75, 3.05) is 36.5 Å². The molecule has 1 aliphatic rings. The van der Waals surface area contributed by atoms with Gasteiger partial charge in [0.05, 0.1) is 17.7 Å². The molecule has 1 aromatic rings. The maximum atomic E-state index is 11.5. The molecule has 104 valence electrons. The highest BCUT2D eigenvalue weighted by molar-refractivity contribution is 9.10. The van der Waals surface area contributed by atoms with Crippen LogP contribution in [-0.2, 0) is 9.53 Å². The second-order valence-electron chi connectivity index (χ2n) is 4.08. The number of morpholine rings is 1. The van der Waals surface area contributed by atoms with Crippen molar-refractivity contribution in [1.29, 1.82) is 0 Å². The molecule has 2 heterocycles. The zero-order valence-electron chi connectivity index (χ0n) is 10.6. The standard InChI is InChI=1S/C11H16BrN5O2/c1-2-14-11-15-5-7(12)10(16-11)17-3-4-19-6-8(17)9(13)18/h5,8H,2-4,6H2,1H3,(H2,13,18)(H,14,15,16). The second-order valence-corrected chi connectivity index (χ2v) is 4.94. The molecule has 1 aromatic heterocycles. The Kier molecular flexibility index (Phi) is 4.54. The van der Waals surface area contributed by atoms with Crippen molar-refractivity contribution in [3.63, 3.8) is 0 Å².